The van der Waals surface area contributed by atoms with Crippen LogP contribution in [0.2, 0.25) is 5.02 Å². The predicted octanol–water partition coefficient (Wildman–Crippen LogP) is 2.10. The Labute approximate surface area is 109 Å². The Kier molecular flexibility index (Phi) is 4.14. The van der Waals surface area contributed by atoms with Crippen LogP contribution in [0, 0.1) is 11.6 Å². The van der Waals surface area contributed by atoms with E-state index in [1.54, 1.807) is 0 Å². The number of benzene rings is 1. The number of hydrogen-bond donors (Lipinski definition) is 2. The van der Waals surface area contributed by atoms with Crippen molar-refractivity contribution in [2.24, 2.45) is 0 Å². The van der Waals surface area contributed by atoms with E-state index in [2.05, 4.69) is 10.6 Å². The number of nitrogens with one attached hydrogen (secondary N) is 2. The molecule has 0 aromatic heterocycles. The summed E-state index contributed by atoms with van der Waals surface area (Å²) in [5.74, 6) is -2.23. The molecule has 1 heterocycles. The van der Waals surface area contributed by atoms with Gasteiger partial charge in [-0.1, -0.05) is 11.6 Å². The maximum Gasteiger partial charge on any atom is 0.254 e. The fourth-order valence-corrected chi connectivity index (χ4v) is 2.09. The summed E-state index contributed by atoms with van der Waals surface area (Å²) in [6.45, 7) is 1.56. The highest BCUT2D eigenvalue weighted by molar-refractivity contribution is 6.30. The number of piperidine rings is 1. The van der Waals surface area contributed by atoms with Gasteiger partial charge in [0.2, 0.25) is 0 Å². The first-order valence-electron chi connectivity index (χ1n) is 5.74. The van der Waals surface area contributed by atoms with E-state index in [9.17, 15) is 13.6 Å². The van der Waals surface area contributed by atoms with E-state index in [1.807, 2.05) is 0 Å². The smallest absolute Gasteiger partial charge is 0.254 e. The molecule has 0 bridgehead atoms. The third kappa shape index (κ3) is 2.97. The van der Waals surface area contributed by atoms with Crippen molar-refractivity contribution in [3.05, 3.63) is 34.4 Å². The number of rotatable bonds is 2. The van der Waals surface area contributed by atoms with Crippen molar-refractivity contribution in [1.29, 1.82) is 0 Å². The molecule has 1 saturated heterocycles. The topological polar surface area (TPSA) is 41.1 Å². The van der Waals surface area contributed by atoms with Crippen LogP contribution in [-0.4, -0.2) is 25.0 Å². The van der Waals surface area contributed by atoms with Gasteiger partial charge in [-0.15, -0.1) is 0 Å². The van der Waals surface area contributed by atoms with E-state index in [0.717, 1.165) is 31.5 Å². The molecule has 1 aromatic rings. The monoisotopic (exact) mass is 274 g/mol. The van der Waals surface area contributed by atoms with Gasteiger partial charge in [0.1, 0.15) is 11.6 Å². The number of carbonyl (C=O) groups is 1. The average Bonchev–Trinajstić information content (AvgIpc) is 2.35. The zero-order chi connectivity index (χ0) is 13.1. The second-order valence-electron chi connectivity index (χ2n) is 4.26. The van der Waals surface area contributed by atoms with Crippen LogP contribution in [0.4, 0.5) is 8.78 Å². The summed E-state index contributed by atoms with van der Waals surface area (Å²) in [5, 5.41) is 5.46. The minimum absolute atomic E-state index is 0.0515. The van der Waals surface area contributed by atoms with Gasteiger partial charge >= 0.3 is 0 Å². The lowest BCUT2D eigenvalue weighted by Crippen LogP contribution is -2.45. The van der Waals surface area contributed by atoms with Crippen LogP contribution in [0.15, 0.2) is 12.1 Å². The first-order valence-corrected chi connectivity index (χ1v) is 6.12. The minimum atomic E-state index is -0.817. The highest BCUT2D eigenvalue weighted by atomic mass is 35.5. The van der Waals surface area contributed by atoms with Crippen LogP contribution in [0.5, 0.6) is 0 Å². The van der Waals surface area contributed by atoms with Gasteiger partial charge in [0.25, 0.3) is 5.91 Å². The lowest BCUT2D eigenvalue weighted by Gasteiger charge is -2.23. The second-order valence-corrected chi connectivity index (χ2v) is 4.67. The predicted molar refractivity (Wildman–Crippen MR) is 64.7 cm³/mol. The van der Waals surface area contributed by atoms with Crippen molar-refractivity contribution >= 4 is 17.5 Å². The summed E-state index contributed by atoms with van der Waals surface area (Å²) in [6, 6.07) is 1.58. The standard InChI is InChI=1S/C12H13ClF2N2O/c13-9-5-10(14)8(4-11(9)15)12(18)17-7-2-1-3-16-6-7/h4-5,7,16H,1-3,6H2,(H,17,18). The molecule has 2 rings (SSSR count). The molecule has 1 amide bonds. The lowest BCUT2D eigenvalue weighted by molar-refractivity contribution is 0.0926. The number of amides is 1. The first-order chi connectivity index (χ1) is 8.58. The van der Waals surface area contributed by atoms with Gasteiger partial charge in [-0.05, 0) is 31.5 Å². The zero-order valence-corrected chi connectivity index (χ0v) is 10.4. The van der Waals surface area contributed by atoms with Crippen LogP contribution in [0.3, 0.4) is 0 Å². The maximum atomic E-state index is 13.5. The fraction of sp³-hybridized carbons (Fsp3) is 0.417. The van der Waals surface area contributed by atoms with E-state index in [0.29, 0.717) is 6.54 Å². The van der Waals surface area contributed by atoms with Crippen LogP contribution in [-0.2, 0) is 0 Å². The third-order valence-corrected chi connectivity index (χ3v) is 3.18. The van der Waals surface area contributed by atoms with Gasteiger partial charge in [-0.25, -0.2) is 8.78 Å². The molecule has 1 fully saturated rings. The highest BCUT2D eigenvalue weighted by Crippen LogP contribution is 2.19. The Hall–Kier alpha value is -1.20. The van der Waals surface area contributed by atoms with E-state index in [-0.39, 0.29) is 16.6 Å². The highest BCUT2D eigenvalue weighted by Gasteiger charge is 2.20. The summed E-state index contributed by atoms with van der Waals surface area (Å²) in [7, 11) is 0. The van der Waals surface area contributed by atoms with E-state index < -0.39 is 17.5 Å². The Bertz CT molecular complexity index is 462. The Balaban J connectivity index is 2.10. The van der Waals surface area contributed by atoms with Crippen LogP contribution < -0.4 is 10.6 Å². The van der Waals surface area contributed by atoms with E-state index >= 15 is 0 Å². The molecule has 1 aromatic carbocycles. The van der Waals surface area contributed by atoms with Gasteiger partial charge in [-0.2, -0.15) is 0 Å². The molecule has 1 aliphatic rings. The van der Waals surface area contributed by atoms with E-state index in [1.165, 1.54) is 0 Å². The Morgan fingerprint density at radius 2 is 2.17 bits per heavy atom. The summed E-state index contributed by atoms with van der Waals surface area (Å²) < 4.78 is 26.7. The molecule has 2 N–H and O–H groups in total. The molecule has 3 nitrogen and oxygen atoms in total. The first kappa shape index (κ1) is 13.2. The quantitative estimate of drug-likeness (QED) is 0.811. The average molecular weight is 275 g/mol. The van der Waals surface area contributed by atoms with Gasteiger partial charge in [-0.3, -0.25) is 4.79 Å². The molecule has 0 saturated carbocycles. The molecular weight excluding hydrogens is 262 g/mol. The van der Waals surface area contributed by atoms with Crippen LogP contribution in [0.25, 0.3) is 0 Å². The molecule has 6 heteroatoms. The zero-order valence-electron chi connectivity index (χ0n) is 9.60. The molecule has 1 unspecified atom stereocenters. The number of carbonyl (C=O) groups excluding carboxylic acids is 1. The summed E-state index contributed by atoms with van der Waals surface area (Å²) in [5.41, 5.74) is -0.317. The molecular formula is C12H13ClF2N2O. The molecule has 1 aliphatic heterocycles. The molecule has 98 valence electrons. The lowest BCUT2D eigenvalue weighted by atomic mass is 10.1. The normalized spacial score (nSPS) is 19.6. The Morgan fingerprint density at radius 3 is 2.83 bits per heavy atom. The van der Waals surface area contributed by atoms with Crippen LogP contribution in [0.1, 0.15) is 23.2 Å². The molecule has 0 aliphatic carbocycles. The second kappa shape index (κ2) is 5.63. The van der Waals surface area contributed by atoms with Crippen molar-refractivity contribution in [2.75, 3.05) is 13.1 Å². The Morgan fingerprint density at radius 1 is 1.39 bits per heavy atom. The van der Waals surface area contributed by atoms with Crippen molar-refractivity contribution < 1.29 is 13.6 Å². The van der Waals surface area contributed by atoms with Crippen molar-refractivity contribution in [2.45, 2.75) is 18.9 Å². The molecule has 0 spiro atoms. The fourth-order valence-electron chi connectivity index (χ4n) is 1.93. The van der Waals surface area contributed by atoms with E-state index in [4.69, 9.17) is 11.6 Å². The largest absolute Gasteiger partial charge is 0.348 e. The van der Waals surface area contributed by atoms with Gasteiger partial charge in [0, 0.05) is 12.6 Å². The van der Waals surface area contributed by atoms with Gasteiger partial charge in [0.05, 0.1) is 10.6 Å². The van der Waals surface area contributed by atoms with Crippen molar-refractivity contribution in [3.63, 3.8) is 0 Å². The number of hydrogen-bond acceptors (Lipinski definition) is 2. The van der Waals surface area contributed by atoms with Crippen molar-refractivity contribution in [1.82, 2.24) is 10.6 Å². The molecule has 0 radical (unpaired) electrons. The summed E-state index contributed by atoms with van der Waals surface area (Å²) in [4.78, 5) is 11.8. The summed E-state index contributed by atoms with van der Waals surface area (Å²) in [6.07, 6.45) is 1.78. The van der Waals surface area contributed by atoms with Crippen molar-refractivity contribution in [3.8, 4) is 0 Å². The number of halogens is 3. The maximum absolute atomic E-state index is 13.5. The van der Waals surface area contributed by atoms with Crippen LogP contribution >= 0.6 is 11.6 Å². The SMILES string of the molecule is O=C(NC1CCCNC1)c1cc(F)c(Cl)cc1F. The summed E-state index contributed by atoms with van der Waals surface area (Å²) >= 11 is 5.43. The molecule has 1 atom stereocenters. The third-order valence-electron chi connectivity index (χ3n) is 2.89. The minimum Gasteiger partial charge on any atom is -0.348 e. The molecule has 18 heavy (non-hydrogen) atoms. The van der Waals surface area contributed by atoms with Gasteiger partial charge < -0.3 is 10.6 Å². The van der Waals surface area contributed by atoms with Gasteiger partial charge in [0.15, 0.2) is 0 Å².